The van der Waals surface area contributed by atoms with Gasteiger partial charge in [0.1, 0.15) is 11.4 Å². The Balaban J connectivity index is 2.18. The molecule has 9 nitrogen and oxygen atoms in total. The minimum atomic E-state index is -0.466. The fourth-order valence-corrected chi connectivity index (χ4v) is 4.59. The summed E-state index contributed by atoms with van der Waals surface area (Å²) in [6, 6.07) is 8.30. The van der Waals surface area contributed by atoms with E-state index in [0.717, 1.165) is 4.88 Å². The van der Waals surface area contributed by atoms with E-state index in [1.165, 1.54) is 34.4 Å². The standard InChI is InChI=1S/C24H31N5O4S/c1-24(2,3)20(16-12-9-13-34-16)26-18-17(22(32)28(6)29(7)23(18)33)25-15-11-8-10-14(19(15)30)21(31)27(4)5/h8-13,20,25-26,30H,1-7H3. The number of aromatic nitrogens is 2. The molecule has 3 aromatic rings. The Bertz CT molecular complexity index is 1320. The van der Waals surface area contributed by atoms with Crippen molar-refractivity contribution >= 4 is 34.3 Å². The van der Waals surface area contributed by atoms with E-state index in [-0.39, 0.29) is 45.7 Å². The number of hydrogen-bond acceptors (Lipinski definition) is 7. The molecule has 1 unspecified atom stereocenters. The third kappa shape index (κ3) is 4.72. The van der Waals surface area contributed by atoms with Gasteiger partial charge < -0.3 is 20.6 Å². The second kappa shape index (κ2) is 9.38. The number of hydrogen-bond donors (Lipinski definition) is 3. The van der Waals surface area contributed by atoms with Gasteiger partial charge in [0.05, 0.1) is 17.3 Å². The molecule has 1 amide bonds. The summed E-state index contributed by atoms with van der Waals surface area (Å²) in [6.45, 7) is 6.14. The van der Waals surface area contributed by atoms with Crippen molar-refractivity contribution in [1.82, 2.24) is 14.3 Å². The Morgan fingerprint density at radius 2 is 1.65 bits per heavy atom. The van der Waals surface area contributed by atoms with Gasteiger partial charge in [-0.05, 0) is 29.0 Å². The van der Waals surface area contributed by atoms with Crippen LogP contribution in [0.1, 0.15) is 42.0 Å². The molecule has 0 spiro atoms. The highest BCUT2D eigenvalue weighted by atomic mass is 32.1. The molecule has 0 radical (unpaired) electrons. The van der Waals surface area contributed by atoms with Crippen LogP contribution in [0, 0.1) is 5.41 Å². The van der Waals surface area contributed by atoms with E-state index in [1.54, 1.807) is 37.6 Å². The summed E-state index contributed by atoms with van der Waals surface area (Å²) in [5.74, 6) is -0.692. The molecule has 10 heteroatoms. The average molecular weight is 486 g/mol. The zero-order valence-corrected chi connectivity index (χ0v) is 21.3. The summed E-state index contributed by atoms with van der Waals surface area (Å²) >= 11 is 1.56. The van der Waals surface area contributed by atoms with E-state index in [9.17, 15) is 19.5 Å². The van der Waals surface area contributed by atoms with Gasteiger partial charge in [-0.2, -0.15) is 0 Å². The van der Waals surface area contributed by atoms with Gasteiger partial charge in [-0.15, -0.1) is 11.3 Å². The molecular weight excluding hydrogens is 454 g/mol. The number of para-hydroxylation sites is 1. The van der Waals surface area contributed by atoms with Crippen molar-refractivity contribution in [1.29, 1.82) is 0 Å². The highest BCUT2D eigenvalue weighted by molar-refractivity contribution is 7.10. The summed E-state index contributed by atoms with van der Waals surface area (Å²) in [5, 5.41) is 19.0. The minimum Gasteiger partial charge on any atom is -0.505 e. The van der Waals surface area contributed by atoms with Gasteiger partial charge in [-0.1, -0.05) is 32.9 Å². The number of phenolic OH excluding ortho intramolecular Hbond substituents is 1. The molecule has 0 fully saturated rings. The zero-order chi connectivity index (χ0) is 25.4. The molecule has 3 rings (SSSR count). The van der Waals surface area contributed by atoms with E-state index >= 15 is 0 Å². The number of anilines is 3. The van der Waals surface area contributed by atoms with Crippen LogP contribution in [0.25, 0.3) is 0 Å². The predicted molar refractivity (Wildman–Crippen MR) is 136 cm³/mol. The van der Waals surface area contributed by atoms with E-state index < -0.39 is 11.1 Å². The van der Waals surface area contributed by atoms with Crippen molar-refractivity contribution in [2.45, 2.75) is 26.8 Å². The van der Waals surface area contributed by atoms with Gasteiger partial charge >= 0.3 is 0 Å². The molecule has 0 aliphatic rings. The fraction of sp³-hybridized carbons (Fsp3) is 0.375. The molecule has 1 atom stereocenters. The van der Waals surface area contributed by atoms with Crippen LogP contribution >= 0.6 is 11.3 Å². The summed E-state index contributed by atoms with van der Waals surface area (Å²) in [5.41, 5.74) is -0.860. The van der Waals surface area contributed by atoms with Crippen LogP contribution in [-0.2, 0) is 14.1 Å². The first kappa shape index (κ1) is 25.1. The number of amides is 1. The molecule has 34 heavy (non-hydrogen) atoms. The molecule has 3 N–H and O–H groups in total. The SMILES string of the molecule is CN(C)C(=O)c1cccc(Nc2c(NC(c3cccs3)C(C)(C)C)c(=O)n(C)n(C)c2=O)c1O. The lowest BCUT2D eigenvalue weighted by Crippen LogP contribution is -2.39. The van der Waals surface area contributed by atoms with Crippen molar-refractivity contribution < 1.29 is 9.90 Å². The largest absolute Gasteiger partial charge is 0.505 e. The maximum Gasteiger partial charge on any atom is 0.290 e. The number of carbonyl (C=O) groups is 1. The van der Waals surface area contributed by atoms with Crippen LogP contribution in [0.2, 0.25) is 0 Å². The molecular formula is C24H31N5O4S. The number of phenols is 1. The zero-order valence-electron chi connectivity index (χ0n) is 20.5. The van der Waals surface area contributed by atoms with Gasteiger partial charge in [0.2, 0.25) is 0 Å². The monoisotopic (exact) mass is 485 g/mol. The predicted octanol–water partition coefficient (Wildman–Crippen LogP) is 3.50. The van der Waals surface area contributed by atoms with Gasteiger partial charge in [-0.25, -0.2) is 9.36 Å². The summed E-state index contributed by atoms with van der Waals surface area (Å²) in [4.78, 5) is 41.4. The number of aromatic hydroxyl groups is 1. The van der Waals surface area contributed by atoms with Crippen LogP contribution < -0.4 is 21.8 Å². The number of benzene rings is 1. The van der Waals surface area contributed by atoms with Crippen LogP contribution in [0.3, 0.4) is 0 Å². The van der Waals surface area contributed by atoms with Crippen molar-refractivity contribution in [3.8, 4) is 5.75 Å². The number of nitrogens with zero attached hydrogens (tertiary/aromatic N) is 3. The molecule has 2 aromatic heterocycles. The Hall–Kier alpha value is -3.53. The van der Waals surface area contributed by atoms with E-state index in [0.29, 0.717) is 0 Å². The lowest BCUT2D eigenvalue weighted by Gasteiger charge is -2.32. The maximum absolute atomic E-state index is 13.3. The third-order valence-corrected chi connectivity index (χ3v) is 6.57. The van der Waals surface area contributed by atoms with Crippen molar-refractivity contribution in [2.75, 3.05) is 24.7 Å². The normalized spacial score (nSPS) is 12.3. The molecule has 0 saturated carbocycles. The van der Waals surface area contributed by atoms with E-state index in [1.807, 2.05) is 38.3 Å². The van der Waals surface area contributed by atoms with Crippen molar-refractivity contribution in [3.05, 3.63) is 66.9 Å². The molecule has 1 aromatic carbocycles. The third-order valence-electron chi connectivity index (χ3n) is 5.63. The topological polar surface area (TPSA) is 109 Å². The van der Waals surface area contributed by atoms with Crippen LogP contribution in [-0.4, -0.2) is 39.4 Å². The molecule has 0 aliphatic carbocycles. The number of carbonyl (C=O) groups excluding carboxylic acids is 1. The van der Waals surface area contributed by atoms with Crippen LogP contribution in [0.5, 0.6) is 5.75 Å². The highest BCUT2D eigenvalue weighted by Gasteiger charge is 2.30. The van der Waals surface area contributed by atoms with Crippen LogP contribution in [0.4, 0.5) is 17.1 Å². The Labute approximate surface area is 202 Å². The number of thiophene rings is 1. The summed E-state index contributed by atoms with van der Waals surface area (Å²) in [7, 11) is 6.17. The van der Waals surface area contributed by atoms with Gasteiger partial charge in [0.25, 0.3) is 17.0 Å². The smallest absolute Gasteiger partial charge is 0.290 e. The highest BCUT2D eigenvalue weighted by Crippen LogP contribution is 2.39. The average Bonchev–Trinajstić information content (AvgIpc) is 3.29. The number of nitrogens with one attached hydrogen (secondary N) is 2. The summed E-state index contributed by atoms with van der Waals surface area (Å²) in [6.07, 6.45) is 0. The van der Waals surface area contributed by atoms with Gasteiger partial charge in [0, 0.05) is 33.1 Å². The van der Waals surface area contributed by atoms with Crippen LogP contribution in [0.15, 0.2) is 45.3 Å². The fourth-order valence-electron chi connectivity index (χ4n) is 3.57. The summed E-state index contributed by atoms with van der Waals surface area (Å²) < 4.78 is 2.43. The minimum absolute atomic E-state index is 0.0128. The maximum atomic E-state index is 13.3. The lowest BCUT2D eigenvalue weighted by molar-refractivity contribution is 0.0824. The van der Waals surface area contributed by atoms with E-state index in [4.69, 9.17) is 0 Å². The lowest BCUT2D eigenvalue weighted by atomic mass is 9.85. The second-order valence-corrected chi connectivity index (χ2v) is 10.4. The molecule has 0 saturated heterocycles. The van der Waals surface area contributed by atoms with Gasteiger partial charge in [0.15, 0.2) is 5.75 Å². The first-order valence-corrected chi connectivity index (χ1v) is 11.6. The number of rotatable bonds is 6. The Morgan fingerprint density at radius 1 is 1.03 bits per heavy atom. The quantitative estimate of drug-likeness (QED) is 0.461. The molecule has 0 bridgehead atoms. The molecule has 182 valence electrons. The van der Waals surface area contributed by atoms with Crippen molar-refractivity contribution in [3.63, 3.8) is 0 Å². The first-order chi connectivity index (χ1) is 15.8. The van der Waals surface area contributed by atoms with Gasteiger partial charge in [-0.3, -0.25) is 14.4 Å². The second-order valence-electron chi connectivity index (χ2n) is 9.39. The molecule has 2 heterocycles. The Morgan fingerprint density at radius 3 is 2.18 bits per heavy atom. The Kier molecular flexibility index (Phi) is 6.92. The van der Waals surface area contributed by atoms with Crippen molar-refractivity contribution in [2.24, 2.45) is 19.5 Å². The molecule has 0 aliphatic heterocycles. The first-order valence-electron chi connectivity index (χ1n) is 10.8. The van der Waals surface area contributed by atoms with E-state index in [2.05, 4.69) is 10.6 Å².